The molecule has 1 heterocycles. The van der Waals surface area contributed by atoms with Crippen molar-refractivity contribution in [2.24, 2.45) is 0 Å². The van der Waals surface area contributed by atoms with Gasteiger partial charge in [0.05, 0.1) is 7.11 Å². The molecule has 1 aromatic heterocycles. The molecule has 0 saturated heterocycles. The van der Waals surface area contributed by atoms with Crippen LogP contribution in [0.1, 0.15) is 0 Å². The summed E-state index contributed by atoms with van der Waals surface area (Å²) in [6.45, 7) is 0. The van der Waals surface area contributed by atoms with Gasteiger partial charge in [-0.1, -0.05) is 0 Å². The summed E-state index contributed by atoms with van der Waals surface area (Å²) in [6, 6.07) is 1.21. The van der Waals surface area contributed by atoms with Crippen molar-refractivity contribution in [2.75, 3.05) is 7.11 Å². The van der Waals surface area contributed by atoms with Gasteiger partial charge in [0, 0.05) is 12.3 Å². The van der Waals surface area contributed by atoms with Crippen molar-refractivity contribution in [3.63, 3.8) is 0 Å². The molecule has 9 heavy (non-hydrogen) atoms. The van der Waals surface area contributed by atoms with E-state index in [0.29, 0.717) is 0 Å². The van der Waals surface area contributed by atoms with E-state index in [-0.39, 0.29) is 6.01 Å². The summed E-state index contributed by atoms with van der Waals surface area (Å²) in [5.41, 5.74) is 0. The molecule has 0 N–H and O–H groups in total. The molecule has 1 aromatic rings. The van der Waals surface area contributed by atoms with E-state index in [9.17, 15) is 4.39 Å². The predicted octanol–water partition coefficient (Wildman–Crippen LogP) is 0.624. The standard InChI is InChI=1S/C5H5FN2O/c1-9-5-7-3-2-4(6)8-5/h2-3H,1H3. The van der Waals surface area contributed by atoms with E-state index in [1.165, 1.54) is 13.3 Å². The summed E-state index contributed by atoms with van der Waals surface area (Å²) < 4.78 is 16.7. The highest BCUT2D eigenvalue weighted by molar-refractivity contribution is 4.94. The maximum Gasteiger partial charge on any atom is 0.318 e. The van der Waals surface area contributed by atoms with Crippen LogP contribution in [0, 0.1) is 5.95 Å². The number of nitrogens with zero attached hydrogens (tertiary/aromatic N) is 2. The highest BCUT2D eigenvalue weighted by Crippen LogP contribution is 1.98. The molecule has 0 fully saturated rings. The number of methoxy groups -OCH3 is 1. The smallest absolute Gasteiger partial charge is 0.318 e. The van der Waals surface area contributed by atoms with Crippen molar-refractivity contribution in [1.29, 1.82) is 0 Å². The maximum atomic E-state index is 12.1. The lowest BCUT2D eigenvalue weighted by atomic mass is 10.7. The fourth-order valence-corrected chi connectivity index (χ4v) is 0.418. The zero-order valence-corrected chi connectivity index (χ0v) is 4.84. The molecule has 0 aromatic carbocycles. The number of hydrogen-bond acceptors (Lipinski definition) is 3. The Labute approximate surface area is 51.5 Å². The first-order valence-electron chi connectivity index (χ1n) is 2.35. The zero-order valence-electron chi connectivity index (χ0n) is 4.84. The van der Waals surface area contributed by atoms with E-state index in [2.05, 4.69) is 14.7 Å². The van der Waals surface area contributed by atoms with E-state index >= 15 is 0 Å². The summed E-state index contributed by atoms with van der Waals surface area (Å²) in [5.74, 6) is -0.582. The average Bonchev–Trinajstić information content (AvgIpc) is 1.88. The summed E-state index contributed by atoms with van der Waals surface area (Å²) in [5, 5.41) is 0. The fraction of sp³-hybridized carbons (Fsp3) is 0.200. The Kier molecular flexibility index (Phi) is 1.58. The summed E-state index contributed by atoms with van der Waals surface area (Å²) in [6.07, 6.45) is 1.29. The molecule has 0 aliphatic carbocycles. The molecule has 0 radical (unpaired) electrons. The number of ether oxygens (including phenoxy) is 1. The van der Waals surface area contributed by atoms with Gasteiger partial charge in [-0.3, -0.25) is 0 Å². The van der Waals surface area contributed by atoms with Crippen molar-refractivity contribution >= 4 is 0 Å². The van der Waals surface area contributed by atoms with E-state index in [1.54, 1.807) is 0 Å². The SMILES string of the molecule is COc1nccc(F)n1. The average molecular weight is 128 g/mol. The summed E-state index contributed by atoms with van der Waals surface area (Å²) >= 11 is 0. The van der Waals surface area contributed by atoms with Crippen LogP contribution in [0.5, 0.6) is 6.01 Å². The molecule has 0 bridgehead atoms. The molecule has 0 spiro atoms. The second kappa shape index (κ2) is 2.39. The predicted molar refractivity (Wildman–Crippen MR) is 28.5 cm³/mol. The van der Waals surface area contributed by atoms with Crippen LogP contribution in [-0.2, 0) is 0 Å². The van der Waals surface area contributed by atoms with Gasteiger partial charge >= 0.3 is 6.01 Å². The minimum Gasteiger partial charge on any atom is -0.467 e. The van der Waals surface area contributed by atoms with E-state index in [1.807, 2.05) is 0 Å². The first-order valence-corrected chi connectivity index (χ1v) is 2.35. The first-order chi connectivity index (χ1) is 4.33. The lowest BCUT2D eigenvalue weighted by Crippen LogP contribution is -1.92. The van der Waals surface area contributed by atoms with Crippen LogP contribution in [0.2, 0.25) is 0 Å². The van der Waals surface area contributed by atoms with Crippen molar-refractivity contribution < 1.29 is 9.13 Å². The highest BCUT2D eigenvalue weighted by atomic mass is 19.1. The van der Waals surface area contributed by atoms with E-state index in [4.69, 9.17) is 0 Å². The van der Waals surface area contributed by atoms with Gasteiger partial charge in [0.1, 0.15) is 0 Å². The Balaban J connectivity index is 2.94. The second-order valence-electron chi connectivity index (χ2n) is 1.37. The molecule has 4 heteroatoms. The van der Waals surface area contributed by atoms with Crippen molar-refractivity contribution in [1.82, 2.24) is 9.97 Å². The van der Waals surface area contributed by atoms with Crippen LogP contribution >= 0.6 is 0 Å². The molecule has 0 unspecified atom stereocenters. The maximum absolute atomic E-state index is 12.1. The number of hydrogen-bond donors (Lipinski definition) is 0. The minimum atomic E-state index is -0.582. The number of aromatic nitrogens is 2. The second-order valence-corrected chi connectivity index (χ2v) is 1.37. The highest BCUT2D eigenvalue weighted by Gasteiger charge is 1.93. The number of halogens is 1. The van der Waals surface area contributed by atoms with Gasteiger partial charge in [-0.2, -0.15) is 9.37 Å². The quantitative estimate of drug-likeness (QED) is 0.520. The van der Waals surface area contributed by atoms with Crippen molar-refractivity contribution in [3.8, 4) is 6.01 Å². The van der Waals surface area contributed by atoms with Crippen LogP contribution in [-0.4, -0.2) is 17.1 Å². The van der Waals surface area contributed by atoms with Gasteiger partial charge in [0.2, 0.25) is 5.95 Å². The zero-order chi connectivity index (χ0) is 6.69. The molecular formula is C5H5FN2O. The minimum absolute atomic E-state index is 0.0509. The lowest BCUT2D eigenvalue weighted by Gasteiger charge is -1.92. The molecule has 0 aliphatic rings. The van der Waals surface area contributed by atoms with Crippen molar-refractivity contribution in [2.45, 2.75) is 0 Å². The Morgan fingerprint density at radius 3 is 2.89 bits per heavy atom. The van der Waals surface area contributed by atoms with Gasteiger partial charge in [-0.25, -0.2) is 4.98 Å². The topological polar surface area (TPSA) is 35.0 Å². The molecule has 0 atom stereocenters. The first kappa shape index (κ1) is 5.94. The van der Waals surface area contributed by atoms with E-state index < -0.39 is 5.95 Å². The Morgan fingerprint density at radius 2 is 2.44 bits per heavy atom. The fourth-order valence-electron chi connectivity index (χ4n) is 0.418. The largest absolute Gasteiger partial charge is 0.467 e. The lowest BCUT2D eigenvalue weighted by molar-refractivity contribution is 0.369. The van der Waals surface area contributed by atoms with Crippen LogP contribution in [0.15, 0.2) is 12.3 Å². The summed E-state index contributed by atoms with van der Waals surface area (Å²) in [4.78, 5) is 6.88. The monoisotopic (exact) mass is 128 g/mol. The van der Waals surface area contributed by atoms with Gasteiger partial charge in [0.25, 0.3) is 0 Å². The molecule has 1 rings (SSSR count). The number of rotatable bonds is 1. The van der Waals surface area contributed by atoms with Crippen LogP contribution < -0.4 is 4.74 Å². The van der Waals surface area contributed by atoms with Gasteiger partial charge in [-0.05, 0) is 0 Å². The normalized spacial score (nSPS) is 9.11. The molecular weight excluding hydrogens is 123 g/mol. The molecule has 0 saturated carbocycles. The van der Waals surface area contributed by atoms with Crippen LogP contribution in [0.4, 0.5) is 4.39 Å². The third kappa shape index (κ3) is 1.35. The Bertz CT molecular complexity index is 204. The van der Waals surface area contributed by atoms with E-state index in [0.717, 1.165) is 6.07 Å². The van der Waals surface area contributed by atoms with Crippen LogP contribution in [0.3, 0.4) is 0 Å². The Hall–Kier alpha value is -1.19. The molecule has 0 amide bonds. The third-order valence-corrected chi connectivity index (χ3v) is 0.782. The van der Waals surface area contributed by atoms with Crippen LogP contribution in [0.25, 0.3) is 0 Å². The third-order valence-electron chi connectivity index (χ3n) is 0.782. The summed E-state index contributed by atoms with van der Waals surface area (Å²) in [7, 11) is 1.38. The van der Waals surface area contributed by atoms with Crippen molar-refractivity contribution in [3.05, 3.63) is 18.2 Å². The van der Waals surface area contributed by atoms with Gasteiger partial charge in [0.15, 0.2) is 0 Å². The van der Waals surface area contributed by atoms with Gasteiger partial charge in [-0.15, -0.1) is 0 Å². The Morgan fingerprint density at radius 1 is 1.67 bits per heavy atom. The van der Waals surface area contributed by atoms with Gasteiger partial charge < -0.3 is 4.74 Å². The molecule has 3 nitrogen and oxygen atoms in total. The molecule has 0 aliphatic heterocycles. The molecule has 48 valence electrons.